The fourth-order valence-electron chi connectivity index (χ4n) is 3.88. The van der Waals surface area contributed by atoms with Crippen LogP contribution in [0.3, 0.4) is 0 Å². The van der Waals surface area contributed by atoms with E-state index in [-0.39, 0.29) is 10.7 Å². The average Bonchev–Trinajstić information content (AvgIpc) is 2.91. The summed E-state index contributed by atoms with van der Waals surface area (Å²) in [5, 5.41) is 4.48. The third kappa shape index (κ3) is 9.23. The number of thiol groups is 1. The van der Waals surface area contributed by atoms with E-state index < -0.39 is 11.7 Å². The molecule has 0 saturated heterocycles. The Labute approximate surface area is 236 Å². The second kappa shape index (κ2) is 14.6. The molecule has 0 fully saturated rings. The lowest BCUT2D eigenvalue weighted by Crippen LogP contribution is -2.13. The topological polar surface area (TPSA) is 113 Å². The van der Waals surface area contributed by atoms with Crippen LogP contribution in [0.25, 0.3) is 33.5 Å². The molecule has 3 aromatic carbocycles. The number of aryl methyl sites for hydroxylation is 2. The minimum Gasteiger partial charge on any atom is -0.288 e. The number of benzene rings is 3. The summed E-state index contributed by atoms with van der Waals surface area (Å²) in [7, 11) is 0. The molecule has 0 atom stereocenters. The number of halogens is 1. The highest BCUT2D eigenvalue weighted by Gasteiger charge is 2.17. The molecule has 1 amide bonds. The number of nitrogens with zero attached hydrogens (tertiary/aromatic N) is 4. The number of azide groups is 1. The molecule has 0 aliphatic carbocycles. The molecule has 4 aromatic rings. The van der Waals surface area contributed by atoms with Gasteiger partial charge in [-0.2, -0.15) is 0 Å². The fraction of sp³-hybridized carbons (Fsp3) is 0.133. The second-order valence-electron chi connectivity index (χ2n) is 8.50. The summed E-state index contributed by atoms with van der Waals surface area (Å²) in [6, 6.07) is 24.8. The second-order valence-corrected chi connectivity index (χ2v) is 9.57. The number of hydrogen-bond acceptors (Lipinski definition) is 4. The van der Waals surface area contributed by atoms with Crippen LogP contribution in [0.2, 0.25) is 5.02 Å². The number of carbonyl (C=O) groups excluding carboxylic acids is 3. The zero-order chi connectivity index (χ0) is 28.2. The van der Waals surface area contributed by atoms with Gasteiger partial charge in [0.05, 0.1) is 11.2 Å². The highest BCUT2D eigenvalue weighted by atomic mass is 35.5. The average molecular weight is 557 g/mol. The zero-order valence-electron chi connectivity index (χ0n) is 21.1. The first-order valence-corrected chi connectivity index (χ1v) is 12.8. The monoisotopic (exact) mass is 556 g/mol. The number of Topliss-reactive ketones (excluding diaryl/α,β-unsaturated/α-hetero) is 1. The van der Waals surface area contributed by atoms with Gasteiger partial charge in [-0.1, -0.05) is 78.3 Å². The van der Waals surface area contributed by atoms with Crippen LogP contribution in [0.4, 0.5) is 0 Å². The SMILES string of the molecule is CC(=O)S.[N-]=[N+]=NC(=O)C(=O)c1ccccc1CCCc1cccc(/C=C/c2ccc3ccc(Cl)cc3n2)c1. The van der Waals surface area contributed by atoms with Crippen LogP contribution in [0.5, 0.6) is 0 Å². The molecule has 0 saturated carbocycles. The van der Waals surface area contributed by atoms with Crippen molar-refractivity contribution in [2.45, 2.75) is 26.2 Å². The number of aromatic nitrogens is 1. The molecular formula is C30H25ClN4O3S. The number of fused-ring (bicyclic) bond motifs is 1. The van der Waals surface area contributed by atoms with Gasteiger partial charge in [0.2, 0.25) is 5.78 Å². The van der Waals surface area contributed by atoms with Gasteiger partial charge in [0.25, 0.3) is 5.91 Å². The maximum atomic E-state index is 12.3. The number of hydrogen-bond donors (Lipinski definition) is 1. The summed E-state index contributed by atoms with van der Waals surface area (Å²) in [5.41, 5.74) is 13.4. The molecular weight excluding hydrogens is 532 g/mol. The molecule has 196 valence electrons. The lowest BCUT2D eigenvalue weighted by atomic mass is 9.97. The van der Waals surface area contributed by atoms with E-state index >= 15 is 0 Å². The molecule has 0 aliphatic rings. The summed E-state index contributed by atoms with van der Waals surface area (Å²) < 4.78 is 0. The van der Waals surface area contributed by atoms with Crippen molar-refractivity contribution in [2.24, 2.45) is 5.11 Å². The largest absolute Gasteiger partial charge is 0.289 e. The quantitative estimate of drug-likeness (QED) is 0.0597. The molecule has 1 heterocycles. The predicted octanol–water partition coefficient (Wildman–Crippen LogP) is 7.72. The standard InChI is InChI=1S/C28H21ClN4O2.C2H4OS/c29-23-14-12-22-13-16-24(31-26(22)18-23)15-11-20-6-3-5-19(17-20)7-4-9-21-8-1-2-10-25(21)27(34)28(35)32-33-30;1-2(3)4/h1-3,5-6,8,10-18H,4,7,9H2;1H3,(H,3,4)/b15-11+;. The van der Waals surface area contributed by atoms with Crippen molar-refractivity contribution in [3.8, 4) is 0 Å². The number of ketones is 1. The normalized spacial score (nSPS) is 10.4. The summed E-state index contributed by atoms with van der Waals surface area (Å²) in [6.07, 6.45) is 6.22. The summed E-state index contributed by atoms with van der Waals surface area (Å²) in [5.74, 6) is -1.88. The van der Waals surface area contributed by atoms with E-state index in [1.807, 2.05) is 66.7 Å². The van der Waals surface area contributed by atoms with Gasteiger partial charge in [0.15, 0.2) is 5.12 Å². The van der Waals surface area contributed by atoms with Gasteiger partial charge >= 0.3 is 0 Å². The van der Waals surface area contributed by atoms with Gasteiger partial charge in [-0.3, -0.25) is 14.4 Å². The Morgan fingerprint density at radius 1 is 0.974 bits per heavy atom. The van der Waals surface area contributed by atoms with Crippen molar-refractivity contribution in [1.29, 1.82) is 0 Å². The Hall–Kier alpha value is -4.23. The molecule has 0 spiro atoms. The van der Waals surface area contributed by atoms with E-state index in [1.165, 1.54) is 12.5 Å². The van der Waals surface area contributed by atoms with E-state index in [0.29, 0.717) is 11.4 Å². The maximum Gasteiger partial charge on any atom is 0.289 e. The van der Waals surface area contributed by atoms with Gasteiger partial charge in [-0.15, -0.1) is 12.6 Å². The van der Waals surface area contributed by atoms with Gasteiger partial charge in [-0.25, -0.2) is 4.98 Å². The molecule has 0 bridgehead atoms. The van der Waals surface area contributed by atoms with Gasteiger partial charge in [0.1, 0.15) is 0 Å². The Kier molecular flexibility index (Phi) is 11.0. The first-order valence-electron chi connectivity index (χ1n) is 12.0. The predicted molar refractivity (Wildman–Crippen MR) is 159 cm³/mol. The van der Waals surface area contributed by atoms with Crippen LogP contribution in [-0.4, -0.2) is 21.8 Å². The molecule has 1 aromatic heterocycles. The fourth-order valence-corrected chi connectivity index (χ4v) is 4.04. The van der Waals surface area contributed by atoms with Crippen LogP contribution >= 0.6 is 24.2 Å². The highest BCUT2D eigenvalue weighted by Crippen LogP contribution is 2.20. The lowest BCUT2D eigenvalue weighted by Gasteiger charge is -2.08. The van der Waals surface area contributed by atoms with Crippen LogP contribution in [-0.2, 0) is 22.4 Å². The third-order valence-corrected chi connectivity index (χ3v) is 5.81. The molecule has 39 heavy (non-hydrogen) atoms. The van der Waals surface area contributed by atoms with Crippen LogP contribution < -0.4 is 0 Å². The zero-order valence-corrected chi connectivity index (χ0v) is 22.8. The van der Waals surface area contributed by atoms with Crippen molar-refractivity contribution in [3.05, 3.63) is 122 Å². The van der Waals surface area contributed by atoms with Gasteiger partial charge < -0.3 is 0 Å². The first kappa shape index (κ1) is 29.3. The molecule has 7 nitrogen and oxygen atoms in total. The Balaban J connectivity index is 0.000000983. The van der Waals surface area contributed by atoms with Gasteiger partial charge in [-0.05, 0) is 70.9 Å². The van der Waals surface area contributed by atoms with Crippen molar-refractivity contribution in [2.75, 3.05) is 0 Å². The van der Waals surface area contributed by atoms with Crippen molar-refractivity contribution >= 4 is 64.1 Å². The number of rotatable bonds is 8. The minimum absolute atomic E-state index is 0.139. The number of amides is 1. The van der Waals surface area contributed by atoms with Crippen molar-refractivity contribution in [1.82, 2.24) is 4.98 Å². The van der Waals surface area contributed by atoms with E-state index in [2.05, 4.69) is 39.8 Å². The van der Waals surface area contributed by atoms with E-state index in [4.69, 9.17) is 17.1 Å². The highest BCUT2D eigenvalue weighted by molar-refractivity contribution is 7.96. The first-order chi connectivity index (χ1) is 18.8. The third-order valence-electron chi connectivity index (χ3n) is 5.58. The number of pyridine rings is 1. The number of carbonyl (C=O) groups is 3. The van der Waals surface area contributed by atoms with Gasteiger partial charge in [0, 0.05) is 27.8 Å². The lowest BCUT2D eigenvalue weighted by molar-refractivity contribution is -0.114. The Bertz CT molecular complexity index is 1590. The molecule has 9 heteroatoms. The maximum absolute atomic E-state index is 12.3. The Morgan fingerprint density at radius 3 is 2.49 bits per heavy atom. The Morgan fingerprint density at radius 2 is 1.72 bits per heavy atom. The molecule has 0 N–H and O–H groups in total. The van der Waals surface area contributed by atoms with E-state index in [1.54, 1.807) is 12.1 Å². The minimum atomic E-state index is -1.09. The molecule has 4 rings (SSSR count). The van der Waals surface area contributed by atoms with Crippen molar-refractivity contribution in [3.63, 3.8) is 0 Å². The van der Waals surface area contributed by atoms with Crippen molar-refractivity contribution < 1.29 is 14.4 Å². The van der Waals surface area contributed by atoms with Crippen LogP contribution in [0.15, 0.2) is 84.0 Å². The summed E-state index contributed by atoms with van der Waals surface area (Å²) in [4.78, 5) is 40.3. The smallest absolute Gasteiger partial charge is 0.288 e. The summed E-state index contributed by atoms with van der Waals surface area (Å²) >= 11 is 9.41. The molecule has 0 radical (unpaired) electrons. The van der Waals surface area contributed by atoms with Crippen LogP contribution in [0.1, 0.15) is 46.1 Å². The summed E-state index contributed by atoms with van der Waals surface area (Å²) in [6.45, 7) is 1.39. The molecule has 0 aliphatic heterocycles. The molecule has 0 unspecified atom stereocenters. The van der Waals surface area contributed by atoms with Crippen LogP contribution in [0, 0.1) is 0 Å². The van der Waals surface area contributed by atoms with E-state index in [9.17, 15) is 14.4 Å². The van der Waals surface area contributed by atoms with E-state index in [0.717, 1.165) is 40.6 Å².